The number of aromatic nitrogens is 2. The fourth-order valence-corrected chi connectivity index (χ4v) is 3.12. The molecule has 0 aliphatic carbocycles. The number of thioether (sulfide) groups is 1. The van der Waals surface area contributed by atoms with Crippen LogP contribution >= 0.6 is 23.4 Å². The minimum absolute atomic E-state index is 0.318. The fraction of sp³-hybridized carbons (Fsp3) is 0.600. The molecule has 1 saturated heterocycles. The lowest BCUT2D eigenvalue weighted by molar-refractivity contribution is 0.630. The average Bonchev–Trinajstić information content (AvgIpc) is 2.65. The third-order valence-corrected chi connectivity index (χ3v) is 3.82. The van der Waals surface area contributed by atoms with Gasteiger partial charge in [0.05, 0.1) is 0 Å². The number of aryl methyl sites for hydroxylation is 1. The molecule has 1 atom stereocenters. The molecule has 1 aromatic rings. The van der Waals surface area contributed by atoms with Crippen molar-refractivity contribution in [3.8, 4) is 0 Å². The summed E-state index contributed by atoms with van der Waals surface area (Å²) in [5.41, 5.74) is 0.901. The van der Waals surface area contributed by atoms with Gasteiger partial charge in [-0.05, 0) is 42.4 Å². The van der Waals surface area contributed by atoms with E-state index >= 15 is 0 Å². The van der Waals surface area contributed by atoms with Crippen LogP contribution in [-0.2, 0) is 0 Å². The van der Waals surface area contributed by atoms with E-state index in [4.69, 9.17) is 11.6 Å². The highest BCUT2D eigenvalue weighted by Crippen LogP contribution is 2.23. The summed E-state index contributed by atoms with van der Waals surface area (Å²) in [7, 11) is 0. The summed E-state index contributed by atoms with van der Waals surface area (Å²) in [6.45, 7) is 2.91. The van der Waals surface area contributed by atoms with Crippen molar-refractivity contribution in [3.05, 3.63) is 17.0 Å². The second kappa shape index (κ2) is 5.03. The van der Waals surface area contributed by atoms with Crippen molar-refractivity contribution in [3.63, 3.8) is 0 Å². The Bertz CT molecular complexity index is 319. The van der Waals surface area contributed by atoms with Crippen molar-refractivity contribution in [1.29, 1.82) is 0 Å². The molecule has 0 aromatic carbocycles. The van der Waals surface area contributed by atoms with Gasteiger partial charge in [0.2, 0.25) is 5.28 Å². The SMILES string of the molecule is Cc1cc(NCC2CCSC2)nc(Cl)n1. The fourth-order valence-electron chi connectivity index (χ4n) is 1.62. The largest absolute Gasteiger partial charge is 0.370 e. The molecule has 1 aliphatic heterocycles. The molecule has 2 rings (SSSR count). The van der Waals surface area contributed by atoms with Gasteiger partial charge in [0.1, 0.15) is 5.82 Å². The standard InChI is InChI=1S/C10H14ClN3S/c1-7-4-9(14-10(11)13-7)12-5-8-2-3-15-6-8/h4,8H,2-3,5-6H2,1H3,(H,12,13,14). The molecular weight excluding hydrogens is 230 g/mol. The monoisotopic (exact) mass is 243 g/mol. The van der Waals surface area contributed by atoms with Crippen LogP contribution in [0.15, 0.2) is 6.07 Å². The first-order valence-electron chi connectivity index (χ1n) is 5.07. The zero-order valence-electron chi connectivity index (χ0n) is 8.66. The lowest BCUT2D eigenvalue weighted by Gasteiger charge is -2.10. The van der Waals surface area contributed by atoms with Crippen LogP contribution in [0.3, 0.4) is 0 Å². The molecule has 0 spiro atoms. The number of nitrogens with one attached hydrogen (secondary N) is 1. The summed E-state index contributed by atoms with van der Waals surface area (Å²) in [5, 5.41) is 3.64. The van der Waals surface area contributed by atoms with Gasteiger partial charge in [-0.2, -0.15) is 11.8 Å². The van der Waals surface area contributed by atoms with Gasteiger partial charge in [-0.1, -0.05) is 0 Å². The van der Waals surface area contributed by atoms with Crippen molar-refractivity contribution >= 4 is 29.2 Å². The summed E-state index contributed by atoms with van der Waals surface area (Å²) < 4.78 is 0. The minimum Gasteiger partial charge on any atom is -0.370 e. The van der Waals surface area contributed by atoms with E-state index in [2.05, 4.69) is 15.3 Å². The van der Waals surface area contributed by atoms with E-state index < -0.39 is 0 Å². The Morgan fingerprint density at radius 3 is 3.13 bits per heavy atom. The highest BCUT2D eigenvalue weighted by molar-refractivity contribution is 7.99. The predicted molar refractivity (Wildman–Crippen MR) is 65.7 cm³/mol. The molecule has 1 aliphatic rings. The predicted octanol–water partition coefficient (Wildman–Crippen LogP) is 2.60. The Labute approximate surface area is 99.0 Å². The molecule has 5 heteroatoms. The normalized spacial score (nSPS) is 20.5. The van der Waals surface area contributed by atoms with Crippen molar-refractivity contribution < 1.29 is 0 Å². The lowest BCUT2D eigenvalue weighted by atomic mass is 10.1. The van der Waals surface area contributed by atoms with Gasteiger partial charge in [0.25, 0.3) is 0 Å². The Morgan fingerprint density at radius 2 is 2.47 bits per heavy atom. The second-order valence-corrected chi connectivity index (χ2v) is 5.26. The summed E-state index contributed by atoms with van der Waals surface area (Å²) in [4.78, 5) is 8.16. The first-order chi connectivity index (χ1) is 7.24. The van der Waals surface area contributed by atoms with Crippen LogP contribution in [0, 0.1) is 12.8 Å². The zero-order chi connectivity index (χ0) is 10.7. The second-order valence-electron chi connectivity index (χ2n) is 3.77. The number of nitrogens with zero attached hydrogens (tertiary/aromatic N) is 2. The van der Waals surface area contributed by atoms with E-state index in [1.165, 1.54) is 17.9 Å². The third kappa shape index (κ3) is 3.24. The first-order valence-corrected chi connectivity index (χ1v) is 6.60. The van der Waals surface area contributed by atoms with Crippen LogP contribution < -0.4 is 5.32 Å². The summed E-state index contributed by atoms with van der Waals surface area (Å²) >= 11 is 7.80. The summed E-state index contributed by atoms with van der Waals surface area (Å²) in [6.07, 6.45) is 1.30. The molecule has 82 valence electrons. The number of anilines is 1. The van der Waals surface area contributed by atoms with Crippen LogP contribution in [0.5, 0.6) is 0 Å². The van der Waals surface area contributed by atoms with Crippen LogP contribution in [0.25, 0.3) is 0 Å². The van der Waals surface area contributed by atoms with Gasteiger partial charge in [-0.15, -0.1) is 0 Å². The van der Waals surface area contributed by atoms with Gasteiger partial charge in [-0.3, -0.25) is 0 Å². The van der Waals surface area contributed by atoms with Crippen molar-refractivity contribution in [1.82, 2.24) is 9.97 Å². The molecule has 1 unspecified atom stereocenters. The van der Waals surface area contributed by atoms with E-state index in [1.807, 2.05) is 24.8 Å². The maximum Gasteiger partial charge on any atom is 0.224 e. The van der Waals surface area contributed by atoms with Crippen molar-refractivity contribution in [2.24, 2.45) is 5.92 Å². The van der Waals surface area contributed by atoms with Gasteiger partial charge in [0, 0.05) is 18.3 Å². The van der Waals surface area contributed by atoms with E-state index in [-0.39, 0.29) is 0 Å². The number of hydrogen-bond acceptors (Lipinski definition) is 4. The Balaban J connectivity index is 1.92. The highest BCUT2D eigenvalue weighted by Gasteiger charge is 2.15. The number of halogens is 1. The van der Waals surface area contributed by atoms with Gasteiger partial charge < -0.3 is 5.32 Å². The summed E-state index contributed by atoms with van der Waals surface area (Å²) in [5.74, 6) is 4.15. The van der Waals surface area contributed by atoms with E-state index in [0.717, 1.165) is 24.0 Å². The van der Waals surface area contributed by atoms with Gasteiger partial charge in [-0.25, -0.2) is 9.97 Å². The number of hydrogen-bond donors (Lipinski definition) is 1. The van der Waals surface area contributed by atoms with Gasteiger partial charge in [0.15, 0.2) is 0 Å². The molecule has 0 amide bonds. The highest BCUT2D eigenvalue weighted by atomic mass is 35.5. The number of rotatable bonds is 3. The summed E-state index contributed by atoms with van der Waals surface area (Å²) in [6, 6.07) is 1.92. The van der Waals surface area contributed by atoms with E-state index in [0.29, 0.717) is 5.28 Å². The molecule has 2 heterocycles. The Kier molecular flexibility index (Phi) is 3.70. The van der Waals surface area contributed by atoms with Crippen LogP contribution in [0.4, 0.5) is 5.82 Å². The maximum absolute atomic E-state index is 5.78. The maximum atomic E-state index is 5.78. The van der Waals surface area contributed by atoms with Crippen LogP contribution in [0.2, 0.25) is 5.28 Å². The molecule has 0 bridgehead atoms. The van der Waals surface area contributed by atoms with Gasteiger partial charge >= 0.3 is 0 Å². The van der Waals surface area contributed by atoms with Crippen molar-refractivity contribution in [2.45, 2.75) is 13.3 Å². The van der Waals surface area contributed by atoms with E-state index in [1.54, 1.807) is 0 Å². The lowest BCUT2D eigenvalue weighted by Crippen LogP contribution is -2.14. The van der Waals surface area contributed by atoms with Crippen LogP contribution in [0.1, 0.15) is 12.1 Å². The third-order valence-electron chi connectivity index (χ3n) is 2.42. The molecular formula is C10H14ClN3S. The quantitative estimate of drug-likeness (QED) is 0.829. The first kappa shape index (κ1) is 11.0. The smallest absolute Gasteiger partial charge is 0.224 e. The molecule has 3 nitrogen and oxygen atoms in total. The Morgan fingerprint density at radius 1 is 1.60 bits per heavy atom. The van der Waals surface area contributed by atoms with E-state index in [9.17, 15) is 0 Å². The Hall–Kier alpha value is -0.480. The molecule has 0 radical (unpaired) electrons. The molecule has 15 heavy (non-hydrogen) atoms. The molecule has 0 saturated carbocycles. The topological polar surface area (TPSA) is 37.8 Å². The average molecular weight is 244 g/mol. The minimum atomic E-state index is 0.318. The van der Waals surface area contributed by atoms with Crippen molar-refractivity contribution in [2.75, 3.05) is 23.4 Å². The zero-order valence-corrected chi connectivity index (χ0v) is 10.2. The molecule has 1 N–H and O–H groups in total. The molecule has 1 fully saturated rings. The van der Waals surface area contributed by atoms with Crippen LogP contribution in [-0.4, -0.2) is 28.0 Å². The molecule has 1 aromatic heterocycles.